The Labute approximate surface area is 221 Å². The molecule has 0 bridgehead atoms. The summed E-state index contributed by atoms with van der Waals surface area (Å²) in [4.78, 5) is 103. The summed E-state index contributed by atoms with van der Waals surface area (Å²) in [7, 11) is 0. The van der Waals surface area contributed by atoms with Gasteiger partial charge in [-0.25, -0.2) is 14.4 Å². The van der Waals surface area contributed by atoms with Gasteiger partial charge in [-0.15, -0.1) is 0 Å². The molecular formula is C22H31N4O13. The first kappa shape index (κ1) is 34.4. The lowest BCUT2D eigenvalue weighted by Gasteiger charge is -2.19. The second kappa shape index (κ2) is 17.8. The average Bonchev–Trinajstić information content (AvgIpc) is 2.83. The fourth-order valence-corrected chi connectivity index (χ4v) is 3.12. The molecule has 217 valence electrons. The van der Waals surface area contributed by atoms with E-state index in [1.165, 1.54) is 6.29 Å². The van der Waals surface area contributed by atoms with Crippen LogP contribution in [0.2, 0.25) is 0 Å². The minimum Gasteiger partial charge on any atom is -0.481 e. The summed E-state index contributed by atoms with van der Waals surface area (Å²) in [6.45, 7) is 0.762. The third-order valence-electron chi connectivity index (χ3n) is 5.15. The molecule has 0 saturated heterocycles. The first-order valence-corrected chi connectivity index (χ1v) is 11.6. The van der Waals surface area contributed by atoms with Gasteiger partial charge in [-0.3, -0.25) is 28.8 Å². The first-order chi connectivity index (χ1) is 18.2. The Morgan fingerprint density at radius 1 is 0.641 bits per heavy atom. The number of hydrogen-bond acceptors (Lipinski definition) is 9. The van der Waals surface area contributed by atoms with Crippen molar-refractivity contribution >= 4 is 53.8 Å². The highest BCUT2D eigenvalue weighted by Crippen LogP contribution is 2.08. The highest BCUT2D eigenvalue weighted by molar-refractivity contribution is 5.98. The van der Waals surface area contributed by atoms with E-state index in [0.717, 1.165) is 6.92 Å². The smallest absolute Gasteiger partial charge is 0.326 e. The molecule has 0 aliphatic rings. The van der Waals surface area contributed by atoms with Crippen LogP contribution in [0.15, 0.2) is 0 Å². The van der Waals surface area contributed by atoms with Crippen LogP contribution in [0.3, 0.4) is 0 Å². The quantitative estimate of drug-likeness (QED) is 0.0709. The largest absolute Gasteiger partial charge is 0.481 e. The van der Waals surface area contributed by atoms with Crippen molar-refractivity contribution in [2.45, 2.75) is 70.0 Å². The van der Waals surface area contributed by atoms with Crippen LogP contribution in [0.25, 0.3) is 0 Å². The minimum absolute atomic E-state index is 0.240. The number of aliphatic carboxylic acids is 4. The number of carbonyl (C=O) groups is 8. The molecular weight excluding hydrogens is 528 g/mol. The Morgan fingerprint density at radius 3 is 1.59 bits per heavy atom. The number of carbonyl (C=O) groups excluding carboxylic acids is 5. The zero-order valence-electron chi connectivity index (χ0n) is 20.9. The standard InChI is InChI=1S/C22H31N4O13/c1-11(28)24-14(21(36)37)4-6-16(29)23-9-8-12(19(32)33)18(31)26-15(22(38)39)5-7-17(30)25-13(20(34)35)3-2-10-27/h12-15H,2-9H2,1H3,(H,23,29)(H,24,28)(H,25,30)(H,26,31)(H,32,33)(H,34,35)(H,36,37)(H,38,39)/t12?,13-,14-,15-/m0/s1. The van der Waals surface area contributed by atoms with Gasteiger partial charge < -0.3 is 41.7 Å². The normalized spacial score (nSPS) is 13.5. The SMILES string of the molecule is CC(=O)N[C@@H](CCC(=O)NCCC(C(=O)O)C(=O)N[C@@H](CCC(=O)N[C@@H](CC[C]=O)C(=O)O)C(=O)O)C(=O)O. The van der Waals surface area contributed by atoms with Crippen LogP contribution in [-0.2, 0) is 43.2 Å². The lowest BCUT2D eigenvalue weighted by atomic mass is 10.0. The van der Waals surface area contributed by atoms with Gasteiger partial charge >= 0.3 is 23.9 Å². The molecule has 0 rings (SSSR count). The van der Waals surface area contributed by atoms with Crippen LogP contribution in [0, 0.1) is 5.92 Å². The lowest BCUT2D eigenvalue weighted by Crippen LogP contribution is -2.47. The highest BCUT2D eigenvalue weighted by atomic mass is 16.4. The van der Waals surface area contributed by atoms with Crippen molar-refractivity contribution in [2.24, 2.45) is 5.92 Å². The minimum atomic E-state index is -1.79. The Hall–Kier alpha value is -4.57. The summed E-state index contributed by atoms with van der Waals surface area (Å²) < 4.78 is 0. The van der Waals surface area contributed by atoms with Gasteiger partial charge in [-0.2, -0.15) is 0 Å². The molecule has 4 amide bonds. The average molecular weight is 560 g/mol. The number of nitrogens with one attached hydrogen (secondary N) is 4. The molecule has 39 heavy (non-hydrogen) atoms. The van der Waals surface area contributed by atoms with E-state index >= 15 is 0 Å². The van der Waals surface area contributed by atoms with E-state index in [4.69, 9.17) is 10.2 Å². The van der Waals surface area contributed by atoms with Gasteiger partial charge in [0.05, 0.1) is 0 Å². The van der Waals surface area contributed by atoms with Crippen LogP contribution in [0.5, 0.6) is 0 Å². The number of carboxylic acids is 4. The summed E-state index contributed by atoms with van der Waals surface area (Å²) in [5.74, 6) is -11.2. The van der Waals surface area contributed by atoms with Gasteiger partial charge in [0.15, 0.2) is 6.29 Å². The molecule has 0 heterocycles. The molecule has 0 aliphatic carbocycles. The van der Waals surface area contributed by atoms with Crippen molar-refractivity contribution in [2.75, 3.05) is 6.54 Å². The van der Waals surface area contributed by atoms with Crippen LogP contribution in [0.1, 0.15) is 51.9 Å². The van der Waals surface area contributed by atoms with Crippen LogP contribution in [-0.4, -0.2) is 98.9 Å². The summed E-state index contributed by atoms with van der Waals surface area (Å²) in [5.41, 5.74) is 0. The van der Waals surface area contributed by atoms with E-state index in [2.05, 4.69) is 16.0 Å². The third kappa shape index (κ3) is 14.7. The fourth-order valence-electron chi connectivity index (χ4n) is 3.12. The van der Waals surface area contributed by atoms with Crippen molar-refractivity contribution in [1.82, 2.24) is 21.3 Å². The van der Waals surface area contributed by atoms with Gasteiger partial charge in [0.2, 0.25) is 23.6 Å². The van der Waals surface area contributed by atoms with Crippen molar-refractivity contribution in [3.8, 4) is 0 Å². The highest BCUT2D eigenvalue weighted by Gasteiger charge is 2.31. The number of hydrogen-bond donors (Lipinski definition) is 8. The summed E-state index contributed by atoms with van der Waals surface area (Å²) >= 11 is 0. The molecule has 0 saturated carbocycles. The van der Waals surface area contributed by atoms with E-state index in [1.807, 2.05) is 5.32 Å². The zero-order chi connectivity index (χ0) is 30.1. The Morgan fingerprint density at radius 2 is 1.13 bits per heavy atom. The van der Waals surface area contributed by atoms with E-state index in [1.54, 1.807) is 0 Å². The van der Waals surface area contributed by atoms with E-state index in [0.29, 0.717) is 0 Å². The third-order valence-corrected chi connectivity index (χ3v) is 5.15. The van der Waals surface area contributed by atoms with E-state index < -0.39 is 90.8 Å². The second-order valence-corrected chi connectivity index (χ2v) is 8.24. The first-order valence-electron chi connectivity index (χ1n) is 11.6. The zero-order valence-corrected chi connectivity index (χ0v) is 20.9. The van der Waals surface area contributed by atoms with Crippen molar-refractivity contribution in [1.29, 1.82) is 0 Å². The molecule has 0 aromatic carbocycles. The number of amides is 4. The second-order valence-electron chi connectivity index (χ2n) is 8.24. The van der Waals surface area contributed by atoms with Crippen LogP contribution < -0.4 is 21.3 Å². The molecule has 0 fully saturated rings. The fraction of sp³-hybridized carbons (Fsp3) is 0.591. The monoisotopic (exact) mass is 559 g/mol. The van der Waals surface area contributed by atoms with Crippen molar-refractivity contribution in [3.63, 3.8) is 0 Å². The van der Waals surface area contributed by atoms with Gasteiger partial charge in [0.1, 0.15) is 24.0 Å². The van der Waals surface area contributed by atoms with Crippen molar-refractivity contribution in [3.05, 3.63) is 0 Å². The van der Waals surface area contributed by atoms with Crippen LogP contribution >= 0.6 is 0 Å². The maximum absolute atomic E-state index is 12.4. The molecule has 1 radical (unpaired) electrons. The summed E-state index contributed by atoms with van der Waals surface area (Å²) in [6.07, 6.45) is -1.12. The maximum atomic E-state index is 12.4. The van der Waals surface area contributed by atoms with Crippen LogP contribution in [0.4, 0.5) is 0 Å². The molecule has 0 spiro atoms. The Balaban J connectivity index is 4.89. The summed E-state index contributed by atoms with van der Waals surface area (Å²) in [6, 6.07) is -4.43. The van der Waals surface area contributed by atoms with Gasteiger partial charge in [-0.05, 0) is 25.7 Å². The summed E-state index contributed by atoms with van der Waals surface area (Å²) in [5, 5.41) is 45.3. The molecule has 17 heteroatoms. The molecule has 0 aliphatic heterocycles. The maximum Gasteiger partial charge on any atom is 0.326 e. The van der Waals surface area contributed by atoms with Crippen molar-refractivity contribution < 1.29 is 63.6 Å². The predicted octanol–water partition coefficient (Wildman–Crippen LogP) is -2.63. The topological polar surface area (TPSA) is 283 Å². The van der Waals surface area contributed by atoms with Gasteiger partial charge in [-0.1, -0.05) is 0 Å². The predicted molar refractivity (Wildman–Crippen MR) is 127 cm³/mol. The molecule has 17 nitrogen and oxygen atoms in total. The Kier molecular flexibility index (Phi) is 15.7. The molecule has 0 aromatic heterocycles. The van der Waals surface area contributed by atoms with Gasteiger partial charge in [0, 0.05) is 32.7 Å². The molecule has 0 aromatic rings. The molecule has 8 N–H and O–H groups in total. The lowest BCUT2D eigenvalue weighted by molar-refractivity contribution is -0.150. The van der Waals surface area contributed by atoms with Gasteiger partial charge in [0.25, 0.3) is 0 Å². The number of carboxylic acid groups (broad SMARTS) is 4. The number of rotatable bonds is 20. The molecule has 1 unspecified atom stereocenters. The van der Waals surface area contributed by atoms with E-state index in [-0.39, 0.29) is 32.2 Å². The van der Waals surface area contributed by atoms with E-state index in [9.17, 15) is 53.4 Å². The molecule has 4 atom stereocenters. The Bertz CT molecular complexity index is 952.